The van der Waals surface area contributed by atoms with E-state index < -0.39 is 12.2 Å². The molecule has 2 unspecified atom stereocenters. The minimum atomic E-state index is -1.01. The molecule has 1 saturated carbocycles. The van der Waals surface area contributed by atoms with Gasteiger partial charge in [-0.1, -0.05) is 37.8 Å². The summed E-state index contributed by atoms with van der Waals surface area (Å²) >= 11 is 0. The Morgan fingerprint density at radius 2 is 1.69 bits per heavy atom. The summed E-state index contributed by atoms with van der Waals surface area (Å²) in [6, 6.07) is 5.82. The predicted molar refractivity (Wildman–Crippen MR) is 117 cm³/mol. The van der Waals surface area contributed by atoms with E-state index in [9.17, 15) is 15.0 Å². The average molecular weight is 422 g/mol. The summed E-state index contributed by atoms with van der Waals surface area (Å²) in [5.41, 5.74) is 2.64. The van der Waals surface area contributed by atoms with Crippen LogP contribution in [0.3, 0.4) is 0 Å². The van der Waals surface area contributed by atoms with Crippen LogP contribution in [0.5, 0.6) is 0 Å². The highest BCUT2D eigenvalue weighted by Gasteiger charge is 2.26. The van der Waals surface area contributed by atoms with Crippen LogP contribution in [0.25, 0.3) is 11.0 Å². The van der Waals surface area contributed by atoms with Gasteiger partial charge in [0.25, 0.3) is 0 Å². The number of aryl methyl sites for hydroxylation is 1. The molecular weight excluding hydrogens is 390 g/mol. The van der Waals surface area contributed by atoms with Gasteiger partial charge in [-0.2, -0.15) is 0 Å². The van der Waals surface area contributed by atoms with Crippen LogP contribution in [-0.2, 0) is 12.8 Å². The minimum Gasteiger partial charge on any atom is -0.422 e. The maximum absolute atomic E-state index is 12.3. The van der Waals surface area contributed by atoms with Crippen LogP contribution in [0, 0.1) is 0 Å². The molecule has 1 heterocycles. The largest absolute Gasteiger partial charge is 0.422 e. The van der Waals surface area contributed by atoms with E-state index in [1.165, 1.54) is 25.7 Å². The van der Waals surface area contributed by atoms with Crippen molar-refractivity contribution >= 4 is 23.4 Å². The highest BCUT2D eigenvalue weighted by atomic mass is 35.5. The van der Waals surface area contributed by atoms with E-state index in [-0.39, 0.29) is 18.0 Å². The molecule has 4 rings (SSSR count). The molecule has 2 aromatic rings. The van der Waals surface area contributed by atoms with Gasteiger partial charge >= 0.3 is 5.63 Å². The van der Waals surface area contributed by atoms with Gasteiger partial charge in [0.05, 0.1) is 6.10 Å². The number of rotatable bonds is 5. The molecule has 2 aliphatic carbocycles. The third-order valence-electron chi connectivity index (χ3n) is 6.43. The van der Waals surface area contributed by atoms with Crippen molar-refractivity contribution in [3.8, 4) is 0 Å². The number of benzene rings is 1. The Hall–Kier alpha value is -1.40. The standard InChI is InChI=1S/C23H31NO4.ClH/c25-19(14-24-15-8-3-1-2-4-9-15)22(26)18-12-7-13-20-21(18)16-10-5-6-11-17(16)23(27)28-20;/h7,12-13,15,19,22,24-26H,1-6,8-11,14H2;1H. The normalized spacial score (nSPS) is 19.8. The monoisotopic (exact) mass is 421 g/mol. The van der Waals surface area contributed by atoms with Gasteiger partial charge in [0.1, 0.15) is 11.7 Å². The second-order valence-electron chi connectivity index (χ2n) is 8.38. The molecule has 160 valence electrons. The van der Waals surface area contributed by atoms with E-state index in [0.29, 0.717) is 23.7 Å². The SMILES string of the molecule is Cl.O=c1oc2cccc(C(O)C(O)CNC3CCCCCC3)c2c2c1CCCC2. The van der Waals surface area contributed by atoms with E-state index in [2.05, 4.69) is 5.32 Å². The second kappa shape index (κ2) is 10.1. The third-order valence-corrected chi connectivity index (χ3v) is 6.43. The van der Waals surface area contributed by atoms with Gasteiger partial charge in [0.15, 0.2) is 0 Å². The Balaban J connectivity index is 0.00000240. The van der Waals surface area contributed by atoms with Crippen molar-refractivity contribution in [3.63, 3.8) is 0 Å². The summed E-state index contributed by atoms with van der Waals surface area (Å²) in [6.45, 7) is 0.362. The van der Waals surface area contributed by atoms with E-state index in [1.807, 2.05) is 6.07 Å². The third kappa shape index (κ3) is 4.85. The summed E-state index contributed by atoms with van der Waals surface area (Å²) in [4.78, 5) is 12.3. The number of hydrogen-bond acceptors (Lipinski definition) is 5. The first-order valence-corrected chi connectivity index (χ1v) is 10.8. The van der Waals surface area contributed by atoms with Crippen molar-refractivity contribution in [2.24, 2.45) is 0 Å². The Kier molecular flexibility index (Phi) is 7.74. The summed E-state index contributed by atoms with van der Waals surface area (Å²) in [5, 5.41) is 25.9. The fourth-order valence-electron chi connectivity index (χ4n) is 4.86. The molecule has 2 atom stereocenters. The Bertz CT molecular complexity index is 873. The van der Waals surface area contributed by atoms with Crippen LogP contribution in [0.2, 0.25) is 0 Å². The second-order valence-corrected chi connectivity index (χ2v) is 8.38. The van der Waals surface area contributed by atoms with Crippen LogP contribution in [0.1, 0.15) is 74.2 Å². The van der Waals surface area contributed by atoms with Gasteiger partial charge < -0.3 is 19.9 Å². The molecule has 0 radical (unpaired) electrons. The summed E-state index contributed by atoms with van der Waals surface area (Å²) in [6.07, 6.45) is 8.94. The molecule has 1 aromatic heterocycles. The van der Waals surface area contributed by atoms with Gasteiger partial charge in [-0.15, -0.1) is 12.4 Å². The Morgan fingerprint density at radius 3 is 2.41 bits per heavy atom. The zero-order valence-electron chi connectivity index (χ0n) is 16.9. The van der Waals surface area contributed by atoms with E-state index in [4.69, 9.17) is 4.42 Å². The molecule has 6 heteroatoms. The fourth-order valence-corrected chi connectivity index (χ4v) is 4.86. The number of aliphatic hydroxyl groups excluding tert-OH is 2. The molecule has 0 bridgehead atoms. The van der Waals surface area contributed by atoms with Gasteiger partial charge in [-0.25, -0.2) is 4.79 Å². The van der Waals surface area contributed by atoms with Crippen molar-refractivity contribution in [1.29, 1.82) is 0 Å². The molecule has 2 aliphatic rings. The first kappa shape index (κ1) is 22.3. The van der Waals surface area contributed by atoms with E-state index in [1.54, 1.807) is 12.1 Å². The number of nitrogens with one attached hydrogen (secondary N) is 1. The molecule has 29 heavy (non-hydrogen) atoms. The molecule has 5 nitrogen and oxygen atoms in total. The topological polar surface area (TPSA) is 82.7 Å². The molecule has 0 saturated heterocycles. The number of halogens is 1. The van der Waals surface area contributed by atoms with Crippen LogP contribution < -0.4 is 10.9 Å². The maximum Gasteiger partial charge on any atom is 0.339 e. The van der Waals surface area contributed by atoms with E-state index in [0.717, 1.165) is 55.0 Å². The van der Waals surface area contributed by atoms with Crippen molar-refractivity contribution in [3.05, 3.63) is 45.3 Å². The van der Waals surface area contributed by atoms with Gasteiger partial charge in [-0.3, -0.25) is 0 Å². The number of hydrogen-bond donors (Lipinski definition) is 3. The van der Waals surface area contributed by atoms with Crippen molar-refractivity contribution in [2.45, 2.75) is 82.5 Å². The first-order valence-electron chi connectivity index (χ1n) is 10.8. The minimum absolute atomic E-state index is 0. The van der Waals surface area contributed by atoms with Crippen LogP contribution >= 0.6 is 12.4 Å². The Morgan fingerprint density at radius 1 is 1.00 bits per heavy atom. The molecule has 3 N–H and O–H groups in total. The zero-order chi connectivity index (χ0) is 19.5. The lowest BCUT2D eigenvalue weighted by Gasteiger charge is -2.25. The van der Waals surface area contributed by atoms with Crippen LogP contribution in [0.15, 0.2) is 27.4 Å². The van der Waals surface area contributed by atoms with Gasteiger partial charge in [0.2, 0.25) is 0 Å². The van der Waals surface area contributed by atoms with Crippen molar-refractivity contribution in [2.75, 3.05) is 6.54 Å². The highest BCUT2D eigenvalue weighted by Crippen LogP contribution is 2.33. The van der Waals surface area contributed by atoms with Gasteiger partial charge in [-0.05, 0) is 55.7 Å². The lowest BCUT2D eigenvalue weighted by Crippen LogP contribution is -2.38. The lowest BCUT2D eigenvalue weighted by atomic mass is 9.87. The first-order chi connectivity index (χ1) is 13.6. The summed E-state index contributed by atoms with van der Waals surface area (Å²) in [7, 11) is 0. The molecule has 1 fully saturated rings. The highest BCUT2D eigenvalue weighted by molar-refractivity contribution is 5.86. The van der Waals surface area contributed by atoms with E-state index >= 15 is 0 Å². The smallest absolute Gasteiger partial charge is 0.339 e. The van der Waals surface area contributed by atoms with Crippen LogP contribution in [0.4, 0.5) is 0 Å². The zero-order valence-corrected chi connectivity index (χ0v) is 17.7. The summed E-state index contributed by atoms with van der Waals surface area (Å²) < 4.78 is 5.54. The van der Waals surface area contributed by atoms with Crippen molar-refractivity contribution < 1.29 is 14.6 Å². The molecule has 1 aromatic carbocycles. The van der Waals surface area contributed by atoms with Crippen LogP contribution in [-0.4, -0.2) is 28.9 Å². The Labute approximate surface area is 177 Å². The van der Waals surface area contributed by atoms with Gasteiger partial charge in [0, 0.05) is 23.5 Å². The molecule has 0 spiro atoms. The maximum atomic E-state index is 12.3. The summed E-state index contributed by atoms with van der Waals surface area (Å²) in [5.74, 6) is 0. The average Bonchev–Trinajstić information content (AvgIpc) is 3.00. The lowest BCUT2D eigenvalue weighted by molar-refractivity contribution is 0.0181. The predicted octanol–water partition coefficient (Wildman–Crippen LogP) is 3.80. The molecular formula is C23H32ClNO4. The number of fused-ring (bicyclic) bond motifs is 3. The quantitative estimate of drug-likeness (QED) is 0.505. The molecule has 0 aliphatic heterocycles. The molecule has 0 amide bonds. The fraction of sp³-hybridized carbons (Fsp3) is 0.609. The number of aliphatic hydroxyl groups is 2. The van der Waals surface area contributed by atoms with Crippen molar-refractivity contribution in [1.82, 2.24) is 5.32 Å².